The lowest BCUT2D eigenvalue weighted by Crippen LogP contribution is -2.55. The zero-order valence-electron chi connectivity index (χ0n) is 21.9. The summed E-state index contributed by atoms with van der Waals surface area (Å²) in [7, 11) is 3.78. The van der Waals surface area contributed by atoms with E-state index in [0.29, 0.717) is 31.7 Å². The van der Waals surface area contributed by atoms with Crippen molar-refractivity contribution in [3.63, 3.8) is 0 Å². The van der Waals surface area contributed by atoms with Crippen LogP contribution in [0, 0.1) is 0 Å². The lowest BCUT2D eigenvalue weighted by molar-refractivity contribution is -0.143. The molecule has 4 rings (SSSR count). The maximum absolute atomic E-state index is 13.5. The fourth-order valence-corrected chi connectivity index (χ4v) is 4.60. The van der Waals surface area contributed by atoms with E-state index in [4.69, 9.17) is 4.84 Å². The van der Waals surface area contributed by atoms with E-state index >= 15 is 0 Å². The first-order chi connectivity index (χ1) is 18.8. The Kier molecular flexibility index (Phi) is 8.62. The molecule has 3 aromatic rings. The van der Waals surface area contributed by atoms with Gasteiger partial charge in [0.2, 0.25) is 0 Å². The Morgan fingerprint density at radius 2 is 1.75 bits per heavy atom. The van der Waals surface area contributed by atoms with E-state index in [1.54, 1.807) is 6.20 Å². The van der Waals surface area contributed by atoms with E-state index in [1.165, 1.54) is 11.2 Å². The summed E-state index contributed by atoms with van der Waals surface area (Å²) in [5.41, 5.74) is -2.00. The third-order valence-corrected chi connectivity index (χ3v) is 6.65. The first-order valence-corrected chi connectivity index (χ1v) is 12.5. The summed E-state index contributed by atoms with van der Waals surface area (Å²) in [4.78, 5) is 27.0. The third-order valence-electron chi connectivity index (χ3n) is 6.65. The number of para-hydroxylation sites is 1. The van der Waals surface area contributed by atoms with Gasteiger partial charge in [-0.15, -0.1) is 0 Å². The summed E-state index contributed by atoms with van der Waals surface area (Å²) in [6.45, 7) is 1.59. The van der Waals surface area contributed by atoms with Gasteiger partial charge in [0.25, 0.3) is 5.91 Å². The van der Waals surface area contributed by atoms with Gasteiger partial charge in [0, 0.05) is 48.8 Å². The van der Waals surface area contributed by atoms with Crippen molar-refractivity contribution in [3.8, 4) is 0 Å². The SMILES string of the molecule is CN(C)CCO/N=C/N1CCN(C(=O)c2cc(C(F)(F)F)cc(C(F)(F)F)c2)[C@H](Cc2c[nH]c3ccccc23)C1. The number of nitrogens with zero attached hydrogens (tertiary/aromatic N) is 4. The van der Waals surface area contributed by atoms with E-state index in [1.807, 2.05) is 48.2 Å². The minimum atomic E-state index is -5.05. The number of hydrogen-bond donors (Lipinski definition) is 1. The second kappa shape index (κ2) is 11.8. The molecule has 2 aromatic carbocycles. The van der Waals surface area contributed by atoms with Crippen molar-refractivity contribution in [1.29, 1.82) is 0 Å². The molecule has 0 aliphatic carbocycles. The molecular formula is C27H29F6N5O2. The highest BCUT2D eigenvalue weighted by Crippen LogP contribution is 2.37. The molecular weight excluding hydrogens is 540 g/mol. The van der Waals surface area contributed by atoms with Crippen molar-refractivity contribution in [2.24, 2.45) is 5.16 Å². The number of aromatic nitrogens is 1. The molecule has 1 aromatic heterocycles. The van der Waals surface area contributed by atoms with Crippen molar-refractivity contribution in [2.75, 3.05) is 46.9 Å². The number of benzene rings is 2. The highest BCUT2D eigenvalue weighted by Gasteiger charge is 2.39. The summed E-state index contributed by atoms with van der Waals surface area (Å²) in [5, 5.41) is 4.88. The van der Waals surface area contributed by atoms with Crippen LogP contribution >= 0.6 is 0 Å². The summed E-state index contributed by atoms with van der Waals surface area (Å²) in [5.74, 6) is -0.903. The molecule has 1 amide bonds. The van der Waals surface area contributed by atoms with Crippen LogP contribution in [0.25, 0.3) is 10.9 Å². The minimum Gasteiger partial charge on any atom is -0.393 e. The summed E-state index contributed by atoms with van der Waals surface area (Å²) < 4.78 is 80.7. The molecule has 1 aliphatic heterocycles. The van der Waals surface area contributed by atoms with Crippen LogP contribution in [0.1, 0.15) is 27.0 Å². The minimum absolute atomic E-state index is 0.0188. The van der Waals surface area contributed by atoms with Gasteiger partial charge >= 0.3 is 12.4 Å². The van der Waals surface area contributed by atoms with Gasteiger partial charge in [-0.25, -0.2) is 0 Å². The topological polar surface area (TPSA) is 64.2 Å². The first-order valence-electron chi connectivity index (χ1n) is 12.5. The molecule has 0 bridgehead atoms. The highest BCUT2D eigenvalue weighted by atomic mass is 19.4. The average molecular weight is 570 g/mol. The zero-order chi connectivity index (χ0) is 29.1. The van der Waals surface area contributed by atoms with Crippen molar-refractivity contribution < 1.29 is 36.0 Å². The molecule has 1 aliphatic rings. The van der Waals surface area contributed by atoms with E-state index in [2.05, 4.69) is 10.1 Å². The molecule has 216 valence electrons. The lowest BCUT2D eigenvalue weighted by atomic mass is 9.99. The second-order valence-electron chi connectivity index (χ2n) is 9.86. The van der Waals surface area contributed by atoms with Gasteiger partial charge in [-0.05, 0) is 50.3 Å². The number of aromatic amines is 1. The number of fused-ring (bicyclic) bond motifs is 1. The van der Waals surface area contributed by atoms with Crippen LogP contribution in [-0.4, -0.2) is 84.9 Å². The van der Waals surface area contributed by atoms with Gasteiger partial charge in [0.1, 0.15) is 12.9 Å². The Hall–Kier alpha value is -3.74. The lowest BCUT2D eigenvalue weighted by Gasteiger charge is -2.41. The first kappa shape index (κ1) is 29.2. The van der Waals surface area contributed by atoms with Gasteiger partial charge in [-0.2, -0.15) is 26.3 Å². The number of nitrogens with one attached hydrogen (secondary N) is 1. The molecule has 1 atom stereocenters. The molecule has 7 nitrogen and oxygen atoms in total. The Balaban J connectivity index is 1.63. The monoisotopic (exact) mass is 569 g/mol. The molecule has 0 radical (unpaired) electrons. The van der Waals surface area contributed by atoms with Gasteiger partial charge in [-0.1, -0.05) is 23.4 Å². The van der Waals surface area contributed by atoms with Crippen molar-refractivity contribution in [2.45, 2.75) is 24.8 Å². The van der Waals surface area contributed by atoms with Gasteiger partial charge < -0.3 is 24.5 Å². The maximum Gasteiger partial charge on any atom is 0.416 e. The molecule has 1 N–H and O–H groups in total. The van der Waals surface area contributed by atoms with Crippen molar-refractivity contribution in [1.82, 2.24) is 19.7 Å². The molecule has 0 saturated carbocycles. The van der Waals surface area contributed by atoms with Crippen LogP contribution < -0.4 is 0 Å². The number of likely N-dealkylation sites (N-methyl/N-ethyl adjacent to an activating group) is 1. The molecule has 1 fully saturated rings. The van der Waals surface area contributed by atoms with Crippen LogP contribution in [0.2, 0.25) is 0 Å². The predicted molar refractivity (Wildman–Crippen MR) is 138 cm³/mol. The summed E-state index contributed by atoms with van der Waals surface area (Å²) in [6, 6.07) is 7.90. The van der Waals surface area contributed by atoms with E-state index in [9.17, 15) is 31.1 Å². The Labute approximate surface area is 227 Å². The number of oxime groups is 1. The number of piperazine rings is 1. The number of amides is 1. The molecule has 0 spiro atoms. The van der Waals surface area contributed by atoms with Crippen LogP contribution in [0.3, 0.4) is 0 Å². The van der Waals surface area contributed by atoms with Crippen LogP contribution in [0.15, 0.2) is 53.8 Å². The second-order valence-corrected chi connectivity index (χ2v) is 9.86. The normalized spacial score (nSPS) is 16.9. The molecule has 1 saturated heterocycles. The molecule has 13 heteroatoms. The van der Waals surface area contributed by atoms with Gasteiger partial charge in [-0.3, -0.25) is 4.79 Å². The molecule has 40 heavy (non-hydrogen) atoms. The van der Waals surface area contributed by atoms with E-state index in [0.717, 1.165) is 16.5 Å². The summed E-state index contributed by atoms with van der Waals surface area (Å²) >= 11 is 0. The maximum atomic E-state index is 13.5. The smallest absolute Gasteiger partial charge is 0.393 e. The highest BCUT2D eigenvalue weighted by molar-refractivity contribution is 5.95. The quantitative estimate of drug-likeness (QED) is 0.135. The van der Waals surface area contributed by atoms with E-state index in [-0.39, 0.29) is 25.7 Å². The molecule has 2 heterocycles. The van der Waals surface area contributed by atoms with Crippen molar-refractivity contribution in [3.05, 3.63) is 70.9 Å². The number of carbonyl (C=O) groups is 1. The fourth-order valence-electron chi connectivity index (χ4n) is 4.60. The number of rotatable bonds is 8. The molecule has 0 unspecified atom stereocenters. The summed E-state index contributed by atoms with van der Waals surface area (Å²) in [6.07, 6.45) is -6.52. The van der Waals surface area contributed by atoms with E-state index < -0.39 is 41.0 Å². The standard InChI is InChI=1S/C27H29F6N5O2/c1-36(2)9-10-40-35-17-37-7-8-38(22(16-37)13-19-15-34-24-6-4-3-5-23(19)24)25(39)18-11-20(26(28,29)30)14-21(12-18)27(31,32)33/h3-6,11-12,14-15,17,22,34H,7-10,13,16H2,1-2H3/b35-17+/t22-/m1/s1. The Morgan fingerprint density at radius 1 is 1.07 bits per heavy atom. The van der Waals surface area contributed by atoms with Gasteiger partial charge in [0.05, 0.1) is 17.2 Å². The van der Waals surface area contributed by atoms with Crippen LogP contribution in [0.4, 0.5) is 26.3 Å². The Bertz CT molecular complexity index is 1320. The van der Waals surface area contributed by atoms with Crippen LogP contribution in [-0.2, 0) is 23.6 Å². The number of halogens is 6. The largest absolute Gasteiger partial charge is 0.416 e. The number of alkyl halides is 6. The predicted octanol–water partition coefficient (Wildman–Crippen LogP) is 5.10. The fraction of sp³-hybridized carbons (Fsp3) is 0.407. The zero-order valence-corrected chi connectivity index (χ0v) is 21.9. The average Bonchev–Trinajstić information content (AvgIpc) is 3.29. The van der Waals surface area contributed by atoms with Crippen molar-refractivity contribution >= 4 is 23.1 Å². The number of carbonyl (C=O) groups excluding carboxylic acids is 1. The van der Waals surface area contributed by atoms with Gasteiger partial charge in [0.15, 0.2) is 0 Å². The number of H-pyrrole nitrogens is 1. The Morgan fingerprint density at radius 3 is 2.40 bits per heavy atom. The third kappa shape index (κ3) is 7.06. The van der Waals surface area contributed by atoms with Crippen LogP contribution in [0.5, 0.6) is 0 Å². The number of hydrogen-bond acceptors (Lipinski definition) is 4.